The van der Waals surface area contributed by atoms with Crippen molar-refractivity contribution >= 4 is 62.0 Å². The van der Waals surface area contributed by atoms with Crippen molar-refractivity contribution in [1.29, 1.82) is 0 Å². The van der Waals surface area contributed by atoms with Crippen LogP contribution in [0.5, 0.6) is 0 Å². The van der Waals surface area contributed by atoms with Gasteiger partial charge in [0.15, 0.2) is 0 Å². The molecule has 0 aromatic carbocycles. The van der Waals surface area contributed by atoms with Crippen molar-refractivity contribution in [3.8, 4) is 0 Å². The zero-order valence-electron chi connectivity index (χ0n) is 4.87. The minimum absolute atomic E-state index is 0. The van der Waals surface area contributed by atoms with Gasteiger partial charge in [-0.3, -0.25) is 0 Å². The van der Waals surface area contributed by atoms with E-state index in [1.165, 1.54) is 0 Å². The first kappa shape index (κ1) is 119. The molecule has 0 spiro atoms. The molecule has 0 heterocycles. The van der Waals surface area contributed by atoms with E-state index >= 15 is 0 Å². The fourth-order valence-corrected chi connectivity index (χ4v) is 0. The van der Waals surface area contributed by atoms with Gasteiger partial charge in [-0.25, -0.2) is 0 Å². The van der Waals surface area contributed by atoms with Crippen LogP contribution in [0.15, 0.2) is 0 Å². The Morgan fingerprint density at radius 2 is 0.222 bits per heavy atom. The summed E-state index contributed by atoms with van der Waals surface area (Å²) >= 11 is 0. The van der Waals surface area contributed by atoms with Crippen LogP contribution in [0.1, 0.15) is 0 Å². The minimum Gasteiger partial charge on any atom is -0.147 e. The van der Waals surface area contributed by atoms with E-state index in [1.54, 1.807) is 0 Å². The van der Waals surface area contributed by atoms with Crippen LogP contribution in [0.3, 0.4) is 0 Å². The Morgan fingerprint density at radius 3 is 0.222 bits per heavy atom. The monoisotopic (exact) mass is 436 g/mol. The number of halogens is 5. The Bertz CT molecular complexity index is 8.92. The van der Waals surface area contributed by atoms with E-state index in [0.717, 1.165) is 0 Å². The Hall–Kier alpha value is 3.94. The first-order valence-electron chi connectivity index (χ1n) is 0. The largest absolute Gasteiger partial charge is 0.147 e. The predicted octanol–water partition coefficient (Wildman–Crippen LogP) is 2.10. The summed E-state index contributed by atoms with van der Waals surface area (Å²) in [5.74, 6) is 0. The molecule has 0 aliphatic carbocycles. The molecule has 0 saturated carbocycles. The maximum absolute atomic E-state index is 0. The van der Waals surface area contributed by atoms with Gasteiger partial charge < -0.3 is 0 Å². The second-order valence-electron chi connectivity index (χ2n) is 0. The van der Waals surface area contributed by atoms with E-state index in [1.807, 2.05) is 0 Å². The van der Waals surface area contributed by atoms with Gasteiger partial charge in [0.05, 0.1) is 0 Å². The van der Waals surface area contributed by atoms with Gasteiger partial charge in [0, 0.05) is 77.9 Å². The molecule has 0 atom stereocenters. The van der Waals surface area contributed by atoms with Crippen molar-refractivity contribution in [3.05, 3.63) is 0 Å². The summed E-state index contributed by atoms with van der Waals surface area (Å²) in [6.45, 7) is 0. The van der Waals surface area contributed by atoms with E-state index in [-0.39, 0.29) is 140 Å². The third kappa shape index (κ3) is 75.9. The average Bonchev–Trinajstić information content (AvgIpc) is 0. The van der Waals surface area contributed by atoms with Gasteiger partial charge in [-0.05, 0) is 0 Å². The van der Waals surface area contributed by atoms with Crippen LogP contribution in [-0.4, -0.2) is 0 Å². The molecule has 9 heavy (non-hydrogen) atoms. The topological polar surface area (TPSA) is 0 Å². The molecular weight excluding hydrogens is 439 g/mol. The molecule has 48 valence electrons. The molecule has 0 aromatic rings. The van der Waals surface area contributed by atoms with E-state index < -0.39 is 0 Å². The molecule has 0 amide bonds. The molecular formula is H5Cl5Zn4. The van der Waals surface area contributed by atoms with E-state index in [9.17, 15) is 0 Å². The summed E-state index contributed by atoms with van der Waals surface area (Å²) in [6, 6.07) is 0. The fourth-order valence-electron chi connectivity index (χ4n) is 0. The van der Waals surface area contributed by atoms with Crippen molar-refractivity contribution in [2.75, 3.05) is 0 Å². The zero-order chi connectivity index (χ0) is 0. The van der Waals surface area contributed by atoms with E-state index in [0.29, 0.717) is 0 Å². The maximum Gasteiger partial charge on any atom is 0 e. The standard InChI is InChI=1S/5ClH.4Zn/h5*1H;;;;. The first-order valence-corrected chi connectivity index (χ1v) is 0. The summed E-state index contributed by atoms with van der Waals surface area (Å²) in [5.41, 5.74) is 0. The van der Waals surface area contributed by atoms with E-state index in [2.05, 4.69) is 0 Å². The number of hydrogen-bond donors (Lipinski definition) is 0. The first-order chi connectivity index (χ1) is 0. The molecule has 0 aliphatic heterocycles. The normalized spacial score (nSPS) is 0. The Kier molecular flexibility index (Phi) is 1210. The van der Waals surface area contributed by atoms with Gasteiger partial charge in [-0.15, -0.1) is 62.0 Å². The second-order valence-corrected chi connectivity index (χ2v) is 0. The van der Waals surface area contributed by atoms with Gasteiger partial charge in [-0.2, -0.15) is 0 Å². The van der Waals surface area contributed by atoms with Gasteiger partial charge >= 0.3 is 0 Å². The van der Waals surface area contributed by atoms with E-state index in [4.69, 9.17) is 0 Å². The summed E-state index contributed by atoms with van der Waals surface area (Å²) in [6.07, 6.45) is 0. The average molecular weight is 444 g/mol. The summed E-state index contributed by atoms with van der Waals surface area (Å²) in [5, 5.41) is 0. The summed E-state index contributed by atoms with van der Waals surface area (Å²) in [7, 11) is 0. The van der Waals surface area contributed by atoms with Crippen LogP contribution in [0.2, 0.25) is 0 Å². The summed E-state index contributed by atoms with van der Waals surface area (Å²) in [4.78, 5) is 0. The predicted molar refractivity (Wildman–Crippen MR) is 36.2 cm³/mol. The Labute approximate surface area is 138 Å². The SMILES string of the molecule is Cl.Cl.Cl.Cl.Cl.[Zn].[Zn].[Zn].[Zn]. The van der Waals surface area contributed by atoms with Crippen molar-refractivity contribution in [2.24, 2.45) is 0 Å². The van der Waals surface area contributed by atoms with Crippen LogP contribution in [0.4, 0.5) is 0 Å². The molecule has 9 heteroatoms. The molecule has 0 bridgehead atoms. The smallest absolute Gasteiger partial charge is 0 e. The number of rotatable bonds is 0. The van der Waals surface area contributed by atoms with Crippen LogP contribution >= 0.6 is 62.0 Å². The third-order valence-corrected chi connectivity index (χ3v) is 0. The molecule has 0 radical (unpaired) electrons. The zero-order valence-corrected chi connectivity index (χ0v) is 20.8. The van der Waals surface area contributed by atoms with Crippen LogP contribution in [0, 0.1) is 0 Å². The third-order valence-electron chi connectivity index (χ3n) is 0. The molecule has 0 unspecified atom stereocenters. The molecule has 0 nitrogen and oxygen atoms in total. The fraction of sp³-hybridized carbons (Fsp3) is 0. The van der Waals surface area contributed by atoms with Gasteiger partial charge in [0.1, 0.15) is 0 Å². The van der Waals surface area contributed by atoms with Crippen molar-refractivity contribution in [1.82, 2.24) is 0 Å². The molecule has 0 aliphatic rings. The molecule has 0 N–H and O–H groups in total. The molecule has 0 fully saturated rings. The molecule has 0 rings (SSSR count). The van der Waals surface area contributed by atoms with Crippen LogP contribution < -0.4 is 0 Å². The minimum atomic E-state index is 0. The second kappa shape index (κ2) is 92.0. The van der Waals surface area contributed by atoms with Crippen molar-refractivity contribution in [3.63, 3.8) is 0 Å². The van der Waals surface area contributed by atoms with Gasteiger partial charge in [0.2, 0.25) is 0 Å². The number of hydrogen-bond acceptors (Lipinski definition) is 0. The van der Waals surface area contributed by atoms with Crippen LogP contribution in [-0.2, 0) is 77.9 Å². The Balaban J connectivity index is 0. The molecule has 0 aromatic heterocycles. The molecule has 0 saturated heterocycles. The van der Waals surface area contributed by atoms with Crippen LogP contribution in [0.25, 0.3) is 0 Å². The quantitative estimate of drug-likeness (QED) is 0.503. The summed E-state index contributed by atoms with van der Waals surface area (Å²) < 4.78 is 0. The Morgan fingerprint density at radius 1 is 0.222 bits per heavy atom. The van der Waals surface area contributed by atoms with Crippen molar-refractivity contribution in [2.45, 2.75) is 0 Å². The maximum atomic E-state index is 0. The van der Waals surface area contributed by atoms with Gasteiger partial charge in [-0.1, -0.05) is 0 Å². The van der Waals surface area contributed by atoms with Gasteiger partial charge in [0.25, 0.3) is 0 Å². The van der Waals surface area contributed by atoms with Crippen molar-refractivity contribution < 1.29 is 77.9 Å².